The molecule has 0 amide bonds. The van der Waals surface area contributed by atoms with Gasteiger partial charge in [-0.2, -0.15) is 0 Å². The molecule has 1 N–H and O–H groups in total. The van der Waals surface area contributed by atoms with Gasteiger partial charge >= 0.3 is 0 Å². The lowest BCUT2D eigenvalue weighted by Crippen LogP contribution is -2.37. The van der Waals surface area contributed by atoms with Crippen LogP contribution in [-0.4, -0.2) is 32.1 Å². The van der Waals surface area contributed by atoms with Crippen LogP contribution in [0.3, 0.4) is 0 Å². The smallest absolute Gasteiger partial charge is 0.146 e. The maximum atomic E-state index is 9.66. The molecule has 0 saturated carbocycles. The Kier molecular flexibility index (Phi) is 7.72. The van der Waals surface area contributed by atoms with Gasteiger partial charge in [-0.3, -0.25) is 10.3 Å². The molecule has 43 heavy (non-hydrogen) atoms. The molecule has 0 unspecified atom stereocenters. The van der Waals surface area contributed by atoms with Crippen molar-refractivity contribution in [3.63, 3.8) is 0 Å². The molecule has 5 heteroatoms. The molecule has 5 nitrogen and oxygen atoms in total. The van der Waals surface area contributed by atoms with Crippen molar-refractivity contribution in [1.29, 1.82) is 5.41 Å². The Bertz CT molecular complexity index is 1850. The zero-order valence-electron chi connectivity index (χ0n) is 24.4. The first-order valence-corrected chi connectivity index (χ1v) is 15.4. The average Bonchev–Trinajstić information content (AvgIpc) is 3.41. The quantitative estimate of drug-likeness (QED) is 0.206. The molecule has 0 bridgehead atoms. The minimum atomic E-state index is 0.257. The lowest BCUT2D eigenvalue weighted by molar-refractivity contribution is 0.177. The van der Waals surface area contributed by atoms with Gasteiger partial charge in [0.25, 0.3) is 0 Å². The fourth-order valence-corrected chi connectivity index (χ4v) is 6.63. The van der Waals surface area contributed by atoms with E-state index in [4.69, 9.17) is 4.98 Å². The van der Waals surface area contributed by atoms with E-state index in [-0.39, 0.29) is 6.04 Å². The molecule has 0 spiro atoms. The second-order valence-corrected chi connectivity index (χ2v) is 11.5. The fourth-order valence-electron chi connectivity index (χ4n) is 6.63. The highest BCUT2D eigenvalue weighted by Gasteiger charge is 2.26. The predicted molar refractivity (Wildman–Crippen MR) is 175 cm³/mol. The molecular formula is C38H37N5. The van der Waals surface area contributed by atoms with Crippen molar-refractivity contribution in [1.82, 2.24) is 19.0 Å². The summed E-state index contributed by atoms with van der Waals surface area (Å²) in [6, 6.07) is 42.8. The number of nitrogens with one attached hydrogen (secondary N) is 1. The normalized spacial score (nSPS) is 14.3. The summed E-state index contributed by atoms with van der Waals surface area (Å²) in [5.41, 5.74) is 8.59. The second kappa shape index (κ2) is 12.2. The minimum absolute atomic E-state index is 0.257. The van der Waals surface area contributed by atoms with Crippen molar-refractivity contribution in [3.05, 3.63) is 144 Å². The SMILES string of the molecule is N=c1c2c(-c3ccccc3)c(-c3ccccc3)n(CCc3ccccc3)c2ncn1C1CCN(Cc2ccccc2)CC1. The standard InChI is InChI=1S/C38H37N5/c39-37-35-34(31-17-9-3-10-18-31)36(32-19-11-4-12-20-32)42(26-21-29-13-5-1-6-14-29)38(35)40-28-43(37)33-22-24-41(25-23-33)27-30-15-7-2-8-16-30/h1-20,28,33,39H,21-27H2. The molecule has 1 saturated heterocycles. The van der Waals surface area contributed by atoms with E-state index in [1.54, 1.807) is 0 Å². The Morgan fingerprint density at radius 1 is 0.674 bits per heavy atom. The Hall–Kier alpha value is -4.74. The minimum Gasteiger partial charge on any atom is -0.324 e. The van der Waals surface area contributed by atoms with E-state index in [1.165, 1.54) is 11.1 Å². The summed E-state index contributed by atoms with van der Waals surface area (Å²) in [5, 5.41) is 10.6. The van der Waals surface area contributed by atoms with Gasteiger partial charge < -0.3 is 9.13 Å². The molecule has 1 aliphatic heterocycles. The predicted octanol–water partition coefficient (Wildman–Crippen LogP) is 7.73. The highest BCUT2D eigenvalue weighted by molar-refractivity contribution is 6.02. The van der Waals surface area contributed by atoms with E-state index >= 15 is 0 Å². The van der Waals surface area contributed by atoms with Gasteiger partial charge in [-0.15, -0.1) is 0 Å². The first-order valence-electron chi connectivity index (χ1n) is 15.4. The van der Waals surface area contributed by atoms with Crippen LogP contribution in [0, 0.1) is 5.41 Å². The Morgan fingerprint density at radius 3 is 1.86 bits per heavy atom. The van der Waals surface area contributed by atoms with Gasteiger partial charge in [0.05, 0.1) is 17.4 Å². The molecule has 3 heterocycles. The molecule has 7 rings (SSSR count). The summed E-state index contributed by atoms with van der Waals surface area (Å²) < 4.78 is 4.50. The van der Waals surface area contributed by atoms with Gasteiger partial charge in [0.1, 0.15) is 11.1 Å². The number of likely N-dealkylation sites (tertiary alicyclic amines) is 1. The number of hydrogen-bond acceptors (Lipinski definition) is 3. The molecule has 214 valence electrons. The lowest BCUT2D eigenvalue weighted by atomic mass is 9.98. The Morgan fingerprint density at radius 2 is 1.23 bits per heavy atom. The number of fused-ring (bicyclic) bond motifs is 1. The van der Waals surface area contributed by atoms with Crippen LogP contribution in [0.4, 0.5) is 0 Å². The summed E-state index contributed by atoms with van der Waals surface area (Å²) in [6.07, 6.45) is 4.85. The second-order valence-electron chi connectivity index (χ2n) is 11.5. The number of aryl methyl sites for hydroxylation is 2. The highest BCUT2D eigenvalue weighted by Crippen LogP contribution is 2.39. The van der Waals surface area contributed by atoms with Gasteiger partial charge in [0.2, 0.25) is 0 Å². The van der Waals surface area contributed by atoms with E-state index in [9.17, 15) is 5.41 Å². The topological polar surface area (TPSA) is 49.8 Å². The zero-order chi connectivity index (χ0) is 29.0. The van der Waals surface area contributed by atoms with Crippen LogP contribution in [0.1, 0.15) is 30.0 Å². The van der Waals surface area contributed by atoms with Crippen LogP contribution in [0.2, 0.25) is 0 Å². The molecule has 1 aliphatic rings. The lowest BCUT2D eigenvalue weighted by Gasteiger charge is -2.33. The number of hydrogen-bond donors (Lipinski definition) is 1. The molecule has 1 fully saturated rings. The Balaban J connectivity index is 1.32. The number of nitrogens with zero attached hydrogens (tertiary/aromatic N) is 4. The number of rotatable bonds is 8. The van der Waals surface area contributed by atoms with Crippen molar-refractivity contribution in [2.45, 2.75) is 38.4 Å². The third-order valence-corrected chi connectivity index (χ3v) is 8.81. The molecule has 4 aromatic carbocycles. The molecule has 0 atom stereocenters. The van der Waals surface area contributed by atoms with Crippen LogP contribution in [0.15, 0.2) is 128 Å². The Labute approximate surface area is 253 Å². The van der Waals surface area contributed by atoms with Crippen LogP contribution in [0.5, 0.6) is 0 Å². The van der Waals surface area contributed by atoms with E-state index in [0.717, 1.165) is 78.9 Å². The van der Waals surface area contributed by atoms with E-state index in [0.29, 0.717) is 5.49 Å². The zero-order valence-corrected chi connectivity index (χ0v) is 24.4. The molecule has 0 aliphatic carbocycles. The largest absolute Gasteiger partial charge is 0.324 e. The maximum absolute atomic E-state index is 9.66. The third-order valence-electron chi connectivity index (χ3n) is 8.81. The van der Waals surface area contributed by atoms with E-state index in [1.807, 2.05) is 6.33 Å². The number of aromatic nitrogens is 3. The monoisotopic (exact) mass is 563 g/mol. The van der Waals surface area contributed by atoms with Gasteiger partial charge in [-0.25, -0.2) is 4.98 Å². The molecule has 0 radical (unpaired) electrons. The molecule has 6 aromatic rings. The van der Waals surface area contributed by atoms with Crippen molar-refractivity contribution in [2.75, 3.05) is 13.1 Å². The summed E-state index contributed by atoms with van der Waals surface area (Å²) >= 11 is 0. The van der Waals surface area contributed by atoms with E-state index in [2.05, 4.69) is 135 Å². The van der Waals surface area contributed by atoms with Crippen molar-refractivity contribution in [3.8, 4) is 22.4 Å². The van der Waals surface area contributed by atoms with Gasteiger partial charge in [0, 0.05) is 37.8 Å². The van der Waals surface area contributed by atoms with Crippen LogP contribution in [0.25, 0.3) is 33.4 Å². The summed E-state index contributed by atoms with van der Waals surface area (Å²) in [4.78, 5) is 7.67. The van der Waals surface area contributed by atoms with Gasteiger partial charge in [-0.1, -0.05) is 121 Å². The van der Waals surface area contributed by atoms with Crippen molar-refractivity contribution >= 4 is 11.0 Å². The van der Waals surface area contributed by atoms with Gasteiger partial charge in [0.15, 0.2) is 0 Å². The van der Waals surface area contributed by atoms with Crippen LogP contribution < -0.4 is 5.49 Å². The van der Waals surface area contributed by atoms with Gasteiger partial charge in [-0.05, 0) is 41.5 Å². The number of benzene rings is 4. The summed E-state index contributed by atoms with van der Waals surface area (Å²) in [6.45, 7) is 3.80. The van der Waals surface area contributed by atoms with Crippen LogP contribution in [-0.2, 0) is 19.5 Å². The molecule has 2 aromatic heterocycles. The van der Waals surface area contributed by atoms with Crippen molar-refractivity contribution in [2.24, 2.45) is 0 Å². The molecular weight excluding hydrogens is 526 g/mol. The number of piperidine rings is 1. The fraction of sp³-hybridized carbons (Fsp3) is 0.211. The highest BCUT2D eigenvalue weighted by atomic mass is 15.2. The summed E-state index contributed by atoms with van der Waals surface area (Å²) in [7, 11) is 0. The van der Waals surface area contributed by atoms with Crippen molar-refractivity contribution < 1.29 is 0 Å². The average molecular weight is 564 g/mol. The maximum Gasteiger partial charge on any atom is 0.146 e. The summed E-state index contributed by atoms with van der Waals surface area (Å²) in [5.74, 6) is 0. The first-order chi connectivity index (χ1) is 21.3. The van der Waals surface area contributed by atoms with Crippen LogP contribution >= 0.6 is 0 Å². The van der Waals surface area contributed by atoms with E-state index < -0.39 is 0 Å². The first kappa shape index (κ1) is 27.1. The third kappa shape index (κ3) is 5.56.